The maximum absolute atomic E-state index is 12.3. The summed E-state index contributed by atoms with van der Waals surface area (Å²) in [6.07, 6.45) is 0. The van der Waals surface area contributed by atoms with E-state index >= 15 is 0 Å². The van der Waals surface area contributed by atoms with Gasteiger partial charge in [0.2, 0.25) is 10.0 Å². The maximum atomic E-state index is 12.3. The zero-order chi connectivity index (χ0) is 15.3. The van der Waals surface area contributed by atoms with Crippen molar-refractivity contribution in [2.24, 2.45) is 5.92 Å². The zero-order valence-corrected chi connectivity index (χ0v) is 12.9. The quantitative estimate of drug-likeness (QED) is 0.785. The topological polar surface area (TPSA) is 84.9 Å². The Bertz CT molecular complexity index is 544. The molecule has 6 nitrogen and oxygen atoms in total. The van der Waals surface area contributed by atoms with Gasteiger partial charge in [0.1, 0.15) is 16.4 Å². The van der Waals surface area contributed by atoms with Crippen LogP contribution in [-0.2, 0) is 10.0 Å². The number of aliphatic hydroxyl groups excluding tert-OH is 1. The van der Waals surface area contributed by atoms with Crippen LogP contribution < -0.4 is 14.2 Å². The van der Waals surface area contributed by atoms with Gasteiger partial charge in [0.25, 0.3) is 0 Å². The van der Waals surface area contributed by atoms with Crippen molar-refractivity contribution < 1.29 is 23.0 Å². The van der Waals surface area contributed by atoms with Crippen LogP contribution in [0.5, 0.6) is 11.5 Å². The van der Waals surface area contributed by atoms with Gasteiger partial charge >= 0.3 is 0 Å². The van der Waals surface area contributed by atoms with E-state index in [-0.39, 0.29) is 23.2 Å². The summed E-state index contributed by atoms with van der Waals surface area (Å²) >= 11 is 0. The number of ether oxygens (including phenoxy) is 2. The Morgan fingerprint density at radius 2 is 1.90 bits per heavy atom. The van der Waals surface area contributed by atoms with Crippen molar-refractivity contribution >= 4 is 10.0 Å². The number of rotatable bonds is 7. The van der Waals surface area contributed by atoms with Crippen molar-refractivity contribution in [3.8, 4) is 11.5 Å². The molecule has 2 N–H and O–H groups in total. The standard InChI is InChI=1S/C13H21NO5S/c1-9(8-15)10(2)14-20(16,17)13-6-5-11(18-3)7-12(13)19-4/h5-7,9-10,14-15H,8H2,1-4H3. The Balaban J connectivity index is 3.09. The molecular weight excluding hydrogens is 282 g/mol. The van der Waals surface area contributed by atoms with Crippen LogP contribution in [0.1, 0.15) is 13.8 Å². The summed E-state index contributed by atoms with van der Waals surface area (Å²) in [6.45, 7) is 3.37. The molecule has 0 aliphatic carbocycles. The lowest BCUT2D eigenvalue weighted by atomic mass is 10.1. The lowest BCUT2D eigenvalue weighted by molar-refractivity contribution is 0.216. The molecule has 0 saturated heterocycles. The molecule has 7 heteroatoms. The monoisotopic (exact) mass is 303 g/mol. The number of hydrogen-bond donors (Lipinski definition) is 2. The summed E-state index contributed by atoms with van der Waals surface area (Å²) in [5.41, 5.74) is 0. The van der Waals surface area contributed by atoms with Gasteiger partial charge in [-0.2, -0.15) is 0 Å². The van der Waals surface area contributed by atoms with Gasteiger partial charge in [-0.05, 0) is 25.0 Å². The third kappa shape index (κ3) is 3.84. The average molecular weight is 303 g/mol. The highest BCUT2D eigenvalue weighted by Gasteiger charge is 2.24. The van der Waals surface area contributed by atoms with Crippen LogP contribution in [0, 0.1) is 5.92 Å². The van der Waals surface area contributed by atoms with E-state index in [9.17, 15) is 8.42 Å². The Morgan fingerprint density at radius 3 is 2.40 bits per heavy atom. The van der Waals surface area contributed by atoms with Gasteiger partial charge in [-0.25, -0.2) is 13.1 Å². The Labute approximate surface area is 119 Å². The molecule has 114 valence electrons. The predicted octanol–water partition coefficient (Wildman–Crippen LogP) is 0.999. The maximum Gasteiger partial charge on any atom is 0.244 e. The number of methoxy groups -OCH3 is 2. The van der Waals surface area contributed by atoms with Gasteiger partial charge in [0, 0.05) is 18.7 Å². The average Bonchev–Trinajstić information content (AvgIpc) is 2.44. The van der Waals surface area contributed by atoms with Crippen LogP contribution in [0.15, 0.2) is 23.1 Å². The zero-order valence-electron chi connectivity index (χ0n) is 12.1. The number of nitrogens with one attached hydrogen (secondary N) is 1. The number of hydrogen-bond acceptors (Lipinski definition) is 5. The smallest absolute Gasteiger partial charge is 0.244 e. The third-order valence-electron chi connectivity index (χ3n) is 3.14. The molecule has 0 heterocycles. The lowest BCUT2D eigenvalue weighted by Crippen LogP contribution is -2.38. The minimum absolute atomic E-state index is 0.0396. The first-order valence-electron chi connectivity index (χ1n) is 6.21. The molecule has 0 amide bonds. The van der Waals surface area contributed by atoms with Crippen LogP contribution in [-0.4, -0.2) is 40.4 Å². The highest BCUT2D eigenvalue weighted by molar-refractivity contribution is 7.89. The molecular formula is C13H21NO5S. The molecule has 2 atom stereocenters. The summed E-state index contributed by atoms with van der Waals surface area (Å²) < 4.78 is 37.3. The Hall–Kier alpha value is -1.31. The molecule has 0 aromatic heterocycles. The van der Waals surface area contributed by atoms with Crippen LogP contribution >= 0.6 is 0 Å². The van der Waals surface area contributed by atoms with Crippen molar-refractivity contribution in [1.29, 1.82) is 0 Å². The molecule has 0 aliphatic heterocycles. The molecule has 0 saturated carbocycles. The summed E-state index contributed by atoms with van der Waals surface area (Å²) in [5, 5.41) is 9.07. The van der Waals surface area contributed by atoms with E-state index in [2.05, 4.69) is 4.72 Å². The summed E-state index contributed by atoms with van der Waals surface area (Å²) in [5.74, 6) is 0.535. The van der Waals surface area contributed by atoms with Gasteiger partial charge in [-0.15, -0.1) is 0 Å². The van der Waals surface area contributed by atoms with E-state index in [1.165, 1.54) is 26.4 Å². The highest BCUT2D eigenvalue weighted by atomic mass is 32.2. The number of aliphatic hydroxyl groups is 1. The van der Waals surface area contributed by atoms with Crippen LogP contribution in [0.4, 0.5) is 0 Å². The minimum atomic E-state index is -3.72. The minimum Gasteiger partial charge on any atom is -0.497 e. The predicted molar refractivity (Wildman–Crippen MR) is 75.6 cm³/mol. The van der Waals surface area contributed by atoms with Gasteiger partial charge < -0.3 is 14.6 Å². The molecule has 0 radical (unpaired) electrons. The third-order valence-corrected chi connectivity index (χ3v) is 4.74. The Morgan fingerprint density at radius 1 is 1.25 bits per heavy atom. The lowest BCUT2D eigenvalue weighted by Gasteiger charge is -2.20. The van der Waals surface area contributed by atoms with E-state index < -0.39 is 16.1 Å². The van der Waals surface area contributed by atoms with Crippen molar-refractivity contribution in [2.75, 3.05) is 20.8 Å². The van der Waals surface area contributed by atoms with Gasteiger partial charge in [-0.1, -0.05) is 6.92 Å². The van der Waals surface area contributed by atoms with Crippen molar-refractivity contribution in [3.63, 3.8) is 0 Å². The van der Waals surface area contributed by atoms with E-state index in [1.54, 1.807) is 19.9 Å². The van der Waals surface area contributed by atoms with Crippen LogP contribution in [0.25, 0.3) is 0 Å². The van der Waals surface area contributed by atoms with Gasteiger partial charge in [0.05, 0.1) is 14.2 Å². The molecule has 20 heavy (non-hydrogen) atoms. The summed E-state index contributed by atoms with van der Waals surface area (Å²) in [6, 6.07) is 4.10. The highest BCUT2D eigenvalue weighted by Crippen LogP contribution is 2.28. The van der Waals surface area contributed by atoms with E-state index in [4.69, 9.17) is 14.6 Å². The molecule has 2 unspecified atom stereocenters. The molecule has 0 bridgehead atoms. The van der Waals surface area contributed by atoms with Crippen molar-refractivity contribution in [1.82, 2.24) is 4.72 Å². The summed E-state index contributed by atoms with van der Waals surface area (Å²) in [7, 11) is -0.835. The molecule has 1 rings (SSSR count). The first-order valence-corrected chi connectivity index (χ1v) is 7.69. The van der Waals surface area contributed by atoms with E-state index in [0.717, 1.165) is 0 Å². The van der Waals surface area contributed by atoms with Gasteiger partial charge in [-0.3, -0.25) is 0 Å². The second-order valence-corrected chi connectivity index (χ2v) is 6.27. The first kappa shape index (κ1) is 16.7. The molecule has 0 aliphatic rings. The molecule has 0 fully saturated rings. The normalized spacial score (nSPS) is 14.7. The molecule has 1 aromatic carbocycles. The van der Waals surface area contributed by atoms with E-state index in [0.29, 0.717) is 5.75 Å². The largest absolute Gasteiger partial charge is 0.497 e. The number of sulfonamides is 1. The fourth-order valence-corrected chi connectivity index (χ4v) is 3.08. The molecule has 0 spiro atoms. The van der Waals surface area contributed by atoms with Crippen molar-refractivity contribution in [3.05, 3.63) is 18.2 Å². The van der Waals surface area contributed by atoms with Crippen molar-refractivity contribution in [2.45, 2.75) is 24.8 Å². The van der Waals surface area contributed by atoms with Gasteiger partial charge in [0.15, 0.2) is 0 Å². The van der Waals surface area contributed by atoms with Crippen LogP contribution in [0.3, 0.4) is 0 Å². The second kappa shape index (κ2) is 6.92. The SMILES string of the molecule is COc1ccc(S(=O)(=O)NC(C)C(C)CO)c(OC)c1. The van der Waals surface area contributed by atoms with E-state index in [1.807, 2.05) is 0 Å². The number of benzene rings is 1. The Kier molecular flexibility index (Phi) is 5.79. The molecule has 1 aromatic rings. The fourth-order valence-electron chi connectivity index (χ4n) is 1.58. The fraction of sp³-hybridized carbons (Fsp3) is 0.538. The first-order chi connectivity index (χ1) is 9.35. The summed E-state index contributed by atoms with van der Waals surface area (Å²) in [4.78, 5) is 0.0396. The second-order valence-electron chi connectivity index (χ2n) is 4.59. The van der Waals surface area contributed by atoms with Crippen LogP contribution in [0.2, 0.25) is 0 Å².